The maximum atomic E-state index is 11.5. The first-order valence-electron chi connectivity index (χ1n) is 10.4. The van der Waals surface area contributed by atoms with Crippen LogP contribution in [0.1, 0.15) is 49.4 Å². The minimum Gasteiger partial charge on any atom is -0.490 e. The summed E-state index contributed by atoms with van der Waals surface area (Å²) in [5.41, 5.74) is 4.13. The van der Waals surface area contributed by atoms with E-state index in [9.17, 15) is 10.1 Å². The minimum absolute atomic E-state index is 0.00488. The summed E-state index contributed by atoms with van der Waals surface area (Å²) in [6, 6.07) is 8.55. The average Bonchev–Trinajstić information content (AvgIpc) is 3.35. The minimum atomic E-state index is -0.0316. The Morgan fingerprint density at radius 3 is 2.97 bits per heavy atom. The fraction of sp³-hybridized carbons (Fsp3) is 0.320. The van der Waals surface area contributed by atoms with Crippen molar-refractivity contribution in [2.24, 2.45) is 0 Å². The Balaban J connectivity index is 1.82. The van der Waals surface area contributed by atoms with Crippen molar-refractivity contribution in [2.75, 3.05) is 0 Å². The Labute approximate surface area is 187 Å². The molecule has 3 rings (SSSR count). The highest BCUT2D eigenvalue weighted by molar-refractivity contribution is 7.15. The summed E-state index contributed by atoms with van der Waals surface area (Å²) in [4.78, 5) is 17.2. The van der Waals surface area contributed by atoms with E-state index in [-0.39, 0.29) is 18.1 Å². The third-order valence-corrected chi connectivity index (χ3v) is 6.02. The number of carbonyl (C=O) groups is 1. The lowest BCUT2D eigenvalue weighted by atomic mass is 10.0. The normalized spacial score (nSPS) is 16.0. The van der Waals surface area contributed by atoms with Crippen LogP contribution in [0.25, 0.3) is 10.4 Å². The van der Waals surface area contributed by atoms with Crippen LogP contribution in [0, 0.1) is 11.3 Å². The van der Waals surface area contributed by atoms with Crippen molar-refractivity contribution in [3.63, 3.8) is 0 Å². The van der Waals surface area contributed by atoms with Crippen LogP contribution < -0.4 is 5.32 Å². The van der Waals surface area contributed by atoms with E-state index in [2.05, 4.69) is 35.1 Å². The van der Waals surface area contributed by atoms with E-state index in [0.29, 0.717) is 17.8 Å². The SMILES string of the molecule is C=C/C=C(OC(C)C)\C(C#N)=C/Cc1ncc(-c2cccc3c2CCC3NC(C)=O)s1. The van der Waals surface area contributed by atoms with Crippen LogP contribution in [0.5, 0.6) is 0 Å². The molecule has 1 aromatic carbocycles. The molecule has 0 fully saturated rings. The van der Waals surface area contributed by atoms with Crippen molar-refractivity contribution >= 4 is 17.2 Å². The summed E-state index contributed by atoms with van der Waals surface area (Å²) in [5.74, 6) is 0.518. The predicted octanol–water partition coefficient (Wildman–Crippen LogP) is 5.42. The largest absolute Gasteiger partial charge is 0.490 e. The van der Waals surface area contributed by atoms with E-state index in [1.165, 1.54) is 16.7 Å². The van der Waals surface area contributed by atoms with Gasteiger partial charge in [-0.05, 0) is 49.5 Å². The van der Waals surface area contributed by atoms with Crippen molar-refractivity contribution in [3.8, 4) is 16.5 Å². The number of benzene rings is 1. The van der Waals surface area contributed by atoms with Crippen molar-refractivity contribution in [1.82, 2.24) is 10.3 Å². The van der Waals surface area contributed by atoms with E-state index in [1.54, 1.807) is 30.4 Å². The number of aromatic nitrogens is 1. The van der Waals surface area contributed by atoms with Gasteiger partial charge in [0.05, 0.1) is 27.6 Å². The third kappa shape index (κ3) is 5.50. The summed E-state index contributed by atoms with van der Waals surface area (Å²) >= 11 is 1.63. The molecule has 1 N–H and O–H groups in total. The summed E-state index contributed by atoms with van der Waals surface area (Å²) in [6.45, 7) is 9.11. The van der Waals surface area contributed by atoms with Crippen molar-refractivity contribution in [2.45, 2.75) is 52.2 Å². The molecule has 160 valence electrons. The molecule has 2 aromatic rings. The van der Waals surface area contributed by atoms with Gasteiger partial charge in [0.1, 0.15) is 11.8 Å². The zero-order valence-corrected chi connectivity index (χ0v) is 19.0. The maximum Gasteiger partial charge on any atom is 0.217 e. The molecule has 31 heavy (non-hydrogen) atoms. The molecule has 0 saturated heterocycles. The molecule has 0 aliphatic heterocycles. The third-order valence-electron chi connectivity index (χ3n) is 4.97. The number of ether oxygens (including phenoxy) is 1. The Morgan fingerprint density at radius 1 is 1.48 bits per heavy atom. The van der Waals surface area contributed by atoms with Crippen LogP contribution in [-0.4, -0.2) is 17.0 Å². The van der Waals surface area contributed by atoms with Crippen LogP contribution in [0.4, 0.5) is 0 Å². The Bertz CT molecular complexity index is 1070. The molecule has 1 heterocycles. The van der Waals surface area contributed by atoms with Gasteiger partial charge in [-0.3, -0.25) is 4.79 Å². The van der Waals surface area contributed by atoms with Crippen molar-refractivity contribution in [1.29, 1.82) is 5.26 Å². The van der Waals surface area contributed by atoms with Gasteiger partial charge in [0.2, 0.25) is 5.91 Å². The number of allylic oxidation sites excluding steroid dienone is 4. The Morgan fingerprint density at radius 2 is 2.29 bits per heavy atom. The lowest BCUT2D eigenvalue weighted by Gasteiger charge is -2.13. The predicted molar refractivity (Wildman–Crippen MR) is 124 cm³/mol. The lowest BCUT2D eigenvalue weighted by Crippen LogP contribution is -2.24. The second kappa shape index (κ2) is 10.2. The van der Waals surface area contributed by atoms with Crippen LogP contribution in [0.15, 0.2) is 60.5 Å². The quantitative estimate of drug-likeness (QED) is 0.343. The summed E-state index contributed by atoms with van der Waals surface area (Å²) in [7, 11) is 0. The maximum absolute atomic E-state index is 11.5. The van der Waals surface area contributed by atoms with Crippen molar-refractivity contribution < 1.29 is 9.53 Å². The molecule has 0 spiro atoms. The molecule has 1 atom stereocenters. The molecule has 0 saturated carbocycles. The molecule has 1 unspecified atom stereocenters. The molecule has 5 nitrogen and oxygen atoms in total. The number of fused-ring (bicyclic) bond motifs is 1. The number of carbonyl (C=O) groups excluding carboxylic acids is 1. The Kier molecular flexibility index (Phi) is 7.43. The number of rotatable bonds is 8. The number of nitrogens with one attached hydrogen (secondary N) is 1. The molecule has 1 aliphatic rings. The lowest BCUT2D eigenvalue weighted by molar-refractivity contribution is -0.119. The van der Waals surface area contributed by atoms with Gasteiger partial charge in [0, 0.05) is 19.5 Å². The average molecular weight is 434 g/mol. The van der Waals surface area contributed by atoms with Gasteiger partial charge in [0.15, 0.2) is 0 Å². The molecular weight excluding hydrogens is 406 g/mol. The van der Waals surface area contributed by atoms with Gasteiger partial charge in [-0.2, -0.15) is 5.26 Å². The highest BCUT2D eigenvalue weighted by Gasteiger charge is 2.26. The first-order chi connectivity index (χ1) is 14.9. The van der Waals surface area contributed by atoms with E-state index in [4.69, 9.17) is 4.74 Å². The molecule has 6 heteroatoms. The van der Waals surface area contributed by atoms with Crippen LogP contribution in [-0.2, 0) is 22.4 Å². The number of amides is 1. The summed E-state index contributed by atoms with van der Waals surface area (Å²) in [5, 5.41) is 13.5. The van der Waals surface area contributed by atoms with Crippen LogP contribution in [0.2, 0.25) is 0 Å². The summed E-state index contributed by atoms with van der Waals surface area (Å²) in [6.07, 6.45) is 9.44. The zero-order valence-electron chi connectivity index (χ0n) is 18.1. The van der Waals surface area contributed by atoms with Crippen LogP contribution >= 0.6 is 11.3 Å². The number of hydrogen-bond acceptors (Lipinski definition) is 5. The van der Waals surface area contributed by atoms with Gasteiger partial charge in [-0.25, -0.2) is 4.98 Å². The standard InChI is InChI=1S/C25H27N3O2S/c1-5-7-23(30-16(2)3)18(14-26)10-13-25-27-15-24(31-25)21-9-6-8-20-19(21)11-12-22(20)28-17(4)29/h5-10,15-16,22H,1,11-13H2,2-4H3,(H,28,29)/b18-10-,23-7+. The molecule has 1 aliphatic carbocycles. The molecule has 1 amide bonds. The van der Waals surface area contributed by atoms with E-state index in [0.717, 1.165) is 22.7 Å². The highest BCUT2D eigenvalue weighted by Crippen LogP contribution is 2.39. The smallest absolute Gasteiger partial charge is 0.217 e. The van der Waals surface area contributed by atoms with Gasteiger partial charge < -0.3 is 10.1 Å². The van der Waals surface area contributed by atoms with E-state index in [1.807, 2.05) is 32.2 Å². The first-order valence-corrected chi connectivity index (χ1v) is 11.2. The van der Waals surface area contributed by atoms with Gasteiger partial charge >= 0.3 is 0 Å². The Hall–Kier alpha value is -3.17. The van der Waals surface area contributed by atoms with Gasteiger partial charge in [0.25, 0.3) is 0 Å². The molecular formula is C25H27N3O2S. The second-order valence-electron chi connectivity index (χ2n) is 7.65. The van der Waals surface area contributed by atoms with Gasteiger partial charge in [-0.15, -0.1) is 11.3 Å². The van der Waals surface area contributed by atoms with Crippen LogP contribution in [0.3, 0.4) is 0 Å². The first kappa shape index (κ1) is 22.5. The molecule has 0 bridgehead atoms. The van der Waals surface area contributed by atoms with E-state index >= 15 is 0 Å². The van der Waals surface area contributed by atoms with E-state index < -0.39 is 0 Å². The fourth-order valence-corrected chi connectivity index (χ4v) is 4.69. The number of thiazole rings is 1. The zero-order chi connectivity index (χ0) is 22.4. The molecule has 1 aromatic heterocycles. The number of nitriles is 1. The number of hydrogen-bond donors (Lipinski definition) is 1. The van der Waals surface area contributed by atoms with Crippen molar-refractivity contribution in [3.05, 3.63) is 76.7 Å². The topological polar surface area (TPSA) is 75.0 Å². The monoisotopic (exact) mass is 433 g/mol. The highest BCUT2D eigenvalue weighted by atomic mass is 32.1. The number of nitrogens with zero attached hydrogens (tertiary/aromatic N) is 2. The molecule has 0 radical (unpaired) electrons. The fourth-order valence-electron chi connectivity index (χ4n) is 3.75. The summed E-state index contributed by atoms with van der Waals surface area (Å²) < 4.78 is 5.75. The van der Waals surface area contributed by atoms with Gasteiger partial charge in [-0.1, -0.05) is 36.9 Å². The second-order valence-corrected chi connectivity index (χ2v) is 8.77.